The molecule has 1 aliphatic rings. The van der Waals surface area contributed by atoms with E-state index >= 15 is 0 Å². The van der Waals surface area contributed by atoms with E-state index in [1.54, 1.807) is 5.57 Å². The lowest BCUT2D eigenvalue weighted by Gasteiger charge is -2.25. The molecule has 1 aromatic carbocycles. The Labute approximate surface area is 171 Å². The Morgan fingerprint density at radius 3 is 2.59 bits per heavy atom. The highest BCUT2D eigenvalue weighted by atomic mass is 32.1. The van der Waals surface area contributed by atoms with E-state index in [0.29, 0.717) is 6.42 Å². The minimum atomic E-state index is 0.252. The smallest absolute Gasteiger partial charge is 0.222 e. The first-order valence-corrected chi connectivity index (χ1v) is 11.3. The lowest BCUT2D eigenvalue weighted by atomic mass is 9.96. The van der Waals surface area contributed by atoms with Crippen molar-refractivity contribution in [3.63, 3.8) is 0 Å². The standard InChI is InChI=1S/C24H37NOS/c1-3-25(24(26)18-16-22-13-11-20(2)12-14-22)19-23(27)17-15-21-9-7-5-4-6-8-10-21/h9,11-14,23,27H,3-8,10,15-19H2,1-2H3/b21-9-. The Morgan fingerprint density at radius 1 is 1.11 bits per heavy atom. The van der Waals surface area contributed by atoms with Crippen molar-refractivity contribution >= 4 is 18.5 Å². The third-order valence-corrected chi connectivity index (χ3v) is 6.02. The van der Waals surface area contributed by atoms with E-state index in [0.717, 1.165) is 32.4 Å². The van der Waals surface area contributed by atoms with Crippen LogP contribution < -0.4 is 0 Å². The first-order chi connectivity index (χ1) is 13.1. The fourth-order valence-electron chi connectivity index (χ4n) is 3.75. The van der Waals surface area contributed by atoms with Crippen LogP contribution in [0.3, 0.4) is 0 Å². The molecule has 0 N–H and O–H groups in total. The van der Waals surface area contributed by atoms with Crippen LogP contribution in [0.2, 0.25) is 0 Å². The van der Waals surface area contributed by atoms with Crippen LogP contribution in [0.25, 0.3) is 0 Å². The fraction of sp³-hybridized carbons (Fsp3) is 0.625. The van der Waals surface area contributed by atoms with Crippen LogP contribution >= 0.6 is 12.6 Å². The van der Waals surface area contributed by atoms with Gasteiger partial charge in [0.05, 0.1) is 0 Å². The third kappa shape index (κ3) is 8.55. The van der Waals surface area contributed by atoms with Crippen molar-refractivity contribution in [1.82, 2.24) is 4.90 Å². The molecule has 150 valence electrons. The molecule has 0 bridgehead atoms. The highest BCUT2D eigenvalue weighted by Crippen LogP contribution is 2.22. The zero-order valence-electron chi connectivity index (χ0n) is 17.3. The van der Waals surface area contributed by atoms with Gasteiger partial charge in [-0.3, -0.25) is 4.79 Å². The summed E-state index contributed by atoms with van der Waals surface area (Å²) in [5.41, 5.74) is 4.11. The summed E-state index contributed by atoms with van der Waals surface area (Å²) in [6.07, 6.45) is 14.0. The van der Waals surface area contributed by atoms with Crippen LogP contribution in [0.1, 0.15) is 75.8 Å². The number of benzene rings is 1. The largest absolute Gasteiger partial charge is 0.342 e. The Hall–Kier alpha value is -1.22. The number of thiol groups is 1. The molecule has 27 heavy (non-hydrogen) atoms. The van der Waals surface area contributed by atoms with E-state index in [1.807, 2.05) is 4.90 Å². The SMILES string of the molecule is CCN(CC(S)CC/C1=C\CCCCCC1)C(=O)CCc1ccc(C)cc1. The van der Waals surface area contributed by atoms with Gasteiger partial charge in [0.25, 0.3) is 0 Å². The van der Waals surface area contributed by atoms with Gasteiger partial charge in [0.1, 0.15) is 0 Å². The minimum absolute atomic E-state index is 0.252. The van der Waals surface area contributed by atoms with Crippen molar-refractivity contribution in [2.75, 3.05) is 13.1 Å². The Morgan fingerprint density at radius 2 is 1.85 bits per heavy atom. The van der Waals surface area contributed by atoms with Gasteiger partial charge < -0.3 is 4.90 Å². The molecule has 1 aliphatic carbocycles. The lowest BCUT2D eigenvalue weighted by molar-refractivity contribution is -0.131. The molecule has 3 heteroatoms. The van der Waals surface area contributed by atoms with Crippen molar-refractivity contribution < 1.29 is 4.79 Å². The Bertz CT molecular complexity index is 593. The van der Waals surface area contributed by atoms with Crippen molar-refractivity contribution in [2.45, 2.75) is 83.3 Å². The molecule has 0 aliphatic heterocycles. The lowest BCUT2D eigenvalue weighted by Crippen LogP contribution is -2.36. The molecule has 1 aromatic rings. The van der Waals surface area contributed by atoms with Gasteiger partial charge in [0.15, 0.2) is 0 Å². The molecular formula is C24H37NOS. The van der Waals surface area contributed by atoms with Crippen LogP contribution in [0.4, 0.5) is 0 Å². The van der Waals surface area contributed by atoms with E-state index in [2.05, 4.69) is 44.2 Å². The van der Waals surface area contributed by atoms with Gasteiger partial charge in [0, 0.05) is 24.8 Å². The second-order valence-corrected chi connectivity index (χ2v) is 8.66. The summed E-state index contributed by atoms with van der Waals surface area (Å²) >= 11 is 4.79. The number of aryl methyl sites for hydroxylation is 2. The number of rotatable bonds is 9. The van der Waals surface area contributed by atoms with Crippen LogP contribution in [0.5, 0.6) is 0 Å². The molecule has 0 saturated carbocycles. The molecule has 0 radical (unpaired) electrons. The number of hydrogen-bond donors (Lipinski definition) is 1. The number of amides is 1. The van der Waals surface area contributed by atoms with Gasteiger partial charge in [-0.25, -0.2) is 0 Å². The Kier molecular flexibility index (Phi) is 10.0. The summed E-state index contributed by atoms with van der Waals surface area (Å²) in [6, 6.07) is 8.49. The van der Waals surface area contributed by atoms with Crippen LogP contribution in [-0.2, 0) is 11.2 Å². The zero-order chi connectivity index (χ0) is 19.5. The zero-order valence-corrected chi connectivity index (χ0v) is 18.1. The first kappa shape index (κ1) is 22.1. The predicted octanol–water partition coefficient (Wildman–Crippen LogP) is 6.14. The minimum Gasteiger partial charge on any atom is -0.342 e. The highest BCUT2D eigenvalue weighted by molar-refractivity contribution is 7.81. The van der Waals surface area contributed by atoms with Gasteiger partial charge in [0.2, 0.25) is 5.91 Å². The average Bonchev–Trinajstić information content (AvgIpc) is 2.64. The van der Waals surface area contributed by atoms with Gasteiger partial charge in [-0.2, -0.15) is 12.6 Å². The summed E-state index contributed by atoms with van der Waals surface area (Å²) in [5, 5.41) is 0.264. The number of carbonyl (C=O) groups is 1. The molecule has 0 spiro atoms. The fourth-order valence-corrected chi connectivity index (χ4v) is 4.08. The quantitative estimate of drug-likeness (QED) is 0.399. The topological polar surface area (TPSA) is 20.3 Å². The molecule has 0 fully saturated rings. The molecule has 2 nitrogen and oxygen atoms in total. The van der Waals surface area contributed by atoms with E-state index < -0.39 is 0 Å². The number of hydrogen-bond acceptors (Lipinski definition) is 2. The maximum atomic E-state index is 12.6. The molecule has 1 atom stereocenters. The van der Waals surface area contributed by atoms with Crippen LogP contribution in [0, 0.1) is 6.92 Å². The molecule has 0 heterocycles. The second kappa shape index (κ2) is 12.3. The second-order valence-electron chi connectivity index (χ2n) is 7.93. The summed E-state index contributed by atoms with van der Waals surface area (Å²) in [5.74, 6) is 0.252. The molecule has 1 amide bonds. The third-order valence-electron chi connectivity index (χ3n) is 5.60. The summed E-state index contributed by atoms with van der Waals surface area (Å²) in [4.78, 5) is 14.6. The molecular weight excluding hydrogens is 350 g/mol. The van der Waals surface area contributed by atoms with E-state index in [1.165, 1.54) is 49.7 Å². The average molecular weight is 388 g/mol. The van der Waals surface area contributed by atoms with Crippen molar-refractivity contribution in [1.29, 1.82) is 0 Å². The predicted molar refractivity (Wildman–Crippen MR) is 120 cm³/mol. The first-order valence-electron chi connectivity index (χ1n) is 10.8. The van der Waals surface area contributed by atoms with Crippen molar-refractivity contribution in [3.05, 3.63) is 47.0 Å². The number of nitrogens with zero attached hydrogens (tertiary/aromatic N) is 1. The Balaban J connectivity index is 1.74. The van der Waals surface area contributed by atoms with Gasteiger partial charge in [-0.15, -0.1) is 0 Å². The summed E-state index contributed by atoms with van der Waals surface area (Å²) in [6.45, 7) is 5.70. The van der Waals surface area contributed by atoms with E-state index in [4.69, 9.17) is 12.6 Å². The molecule has 1 unspecified atom stereocenters. The number of carbonyl (C=O) groups excluding carboxylic acids is 1. The van der Waals surface area contributed by atoms with Gasteiger partial charge in [-0.05, 0) is 64.4 Å². The maximum absolute atomic E-state index is 12.6. The van der Waals surface area contributed by atoms with Gasteiger partial charge >= 0.3 is 0 Å². The normalized spacial score (nSPS) is 18.1. The molecule has 2 rings (SSSR count). The molecule has 0 aromatic heterocycles. The summed E-state index contributed by atoms with van der Waals surface area (Å²) < 4.78 is 0. The van der Waals surface area contributed by atoms with Crippen LogP contribution in [-0.4, -0.2) is 29.1 Å². The van der Waals surface area contributed by atoms with Crippen molar-refractivity contribution in [3.8, 4) is 0 Å². The monoisotopic (exact) mass is 387 g/mol. The highest BCUT2D eigenvalue weighted by Gasteiger charge is 2.16. The van der Waals surface area contributed by atoms with Crippen molar-refractivity contribution in [2.24, 2.45) is 0 Å². The summed E-state index contributed by atoms with van der Waals surface area (Å²) in [7, 11) is 0. The van der Waals surface area contributed by atoms with E-state index in [9.17, 15) is 4.79 Å². The molecule has 0 saturated heterocycles. The van der Waals surface area contributed by atoms with E-state index in [-0.39, 0.29) is 11.2 Å². The maximum Gasteiger partial charge on any atom is 0.222 e. The van der Waals surface area contributed by atoms with Crippen LogP contribution in [0.15, 0.2) is 35.9 Å². The van der Waals surface area contributed by atoms with Gasteiger partial charge in [-0.1, -0.05) is 54.3 Å². The number of allylic oxidation sites excluding steroid dienone is 2.